The summed E-state index contributed by atoms with van der Waals surface area (Å²) in [5, 5.41) is 7.47. The van der Waals surface area contributed by atoms with Gasteiger partial charge in [0, 0.05) is 29.8 Å². The van der Waals surface area contributed by atoms with Crippen molar-refractivity contribution in [3.05, 3.63) is 54.0 Å². The number of nitrogens with two attached hydrogens (primary N) is 1. The van der Waals surface area contributed by atoms with Crippen LogP contribution in [-0.2, 0) is 4.79 Å². The topological polar surface area (TPSA) is 119 Å². The minimum atomic E-state index is -0.0499. The Bertz CT molecular complexity index is 1400. The highest BCUT2D eigenvalue weighted by atomic mass is 32.1. The first-order chi connectivity index (χ1) is 17.0. The summed E-state index contributed by atoms with van der Waals surface area (Å²) in [5.41, 5.74) is 10.6. The first-order valence-electron chi connectivity index (χ1n) is 12.1. The van der Waals surface area contributed by atoms with Gasteiger partial charge in [0.1, 0.15) is 16.3 Å². The van der Waals surface area contributed by atoms with Gasteiger partial charge in [-0.15, -0.1) is 11.3 Å². The van der Waals surface area contributed by atoms with Crippen LogP contribution >= 0.6 is 11.3 Å². The van der Waals surface area contributed by atoms with Gasteiger partial charge in [0.05, 0.1) is 21.7 Å². The van der Waals surface area contributed by atoms with Crippen LogP contribution in [0.2, 0.25) is 0 Å². The van der Waals surface area contributed by atoms with E-state index < -0.39 is 0 Å². The second kappa shape index (κ2) is 8.88. The molecule has 8 nitrogen and oxygen atoms in total. The predicted molar refractivity (Wildman–Crippen MR) is 139 cm³/mol. The van der Waals surface area contributed by atoms with E-state index in [1.54, 1.807) is 11.3 Å². The molecule has 2 aliphatic carbocycles. The van der Waals surface area contributed by atoms with E-state index >= 15 is 0 Å². The molecule has 3 aromatic heterocycles. The number of anilines is 3. The van der Waals surface area contributed by atoms with Gasteiger partial charge in [0.15, 0.2) is 0 Å². The maximum absolute atomic E-state index is 12.8. The number of thiazole rings is 1. The molecule has 1 aromatic carbocycles. The van der Waals surface area contributed by atoms with Crippen LogP contribution in [0.5, 0.6) is 0 Å². The highest BCUT2D eigenvalue weighted by Crippen LogP contribution is 2.44. The van der Waals surface area contributed by atoms with E-state index in [2.05, 4.69) is 25.6 Å². The van der Waals surface area contributed by atoms with Crippen LogP contribution in [0.4, 0.5) is 17.5 Å². The molecule has 0 radical (unpaired) electrons. The number of aryl methyl sites for hydroxylation is 1. The van der Waals surface area contributed by atoms with E-state index in [0.717, 1.165) is 57.1 Å². The molecule has 0 bridgehead atoms. The van der Waals surface area contributed by atoms with Crippen LogP contribution < -0.4 is 16.4 Å². The molecule has 4 aromatic rings. The van der Waals surface area contributed by atoms with E-state index in [4.69, 9.17) is 10.7 Å². The first kappa shape index (κ1) is 21.9. The summed E-state index contributed by atoms with van der Waals surface area (Å²) in [6.45, 7) is 1.94. The molecular weight excluding hydrogens is 458 g/mol. The monoisotopic (exact) mass is 485 g/mol. The second-order valence-corrected chi connectivity index (χ2v) is 10.5. The smallest absolute Gasteiger partial charge is 0.227 e. The van der Waals surface area contributed by atoms with Crippen molar-refractivity contribution in [3.8, 4) is 10.6 Å². The van der Waals surface area contributed by atoms with Crippen LogP contribution in [-0.4, -0.2) is 31.9 Å². The number of nitrogen functional groups attached to an aromatic ring is 1. The van der Waals surface area contributed by atoms with Crippen molar-refractivity contribution in [3.63, 3.8) is 0 Å². The number of hydrogen-bond donors (Lipinski definition) is 3. The van der Waals surface area contributed by atoms with E-state index in [0.29, 0.717) is 11.7 Å². The highest BCUT2D eigenvalue weighted by molar-refractivity contribution is 7.21. The molecule has 3 heterocycles. The number of pyridine rings is 1. The van der Waals surface area contributed by atoms with Crippen molar-refractivity contribution in [1.29, 1.82) is 0 Å². The maximum Gasteiger partial charge on any atom is 0.227 e. The van der Waals surface area contributed by atoms with E-state index in [1.165, 1.54) is 12.8 Å². The number of fused-ring (bicyclic) bond motifs is 1. The van der Waals surface area contributed by atoms with Gasteiger partial charge in [-0.2, -0.15) is 4.98 Å². The lowest BCUT2D eigenvalue weighted by atomic mass is 10.1. The van der Waals surface area contributed by atoms with Crippen molar-refractivity contribution in [2.75, 3.05) is 16.4 Å². The Morgan fingerprint density at radius 3 is 2.69 bits per heavy atom. The Balaban J connectivity index is 1.25. The molecule has 0 spiro atoms. The van der Waals surface area contributed by atoms with Gasteiger partial charge in [0.25, 0.3) is 0 Å². The SMILES string of the molecule is Cc1nc(N)nc(NC2CCC(C(=O)Nc3ccccc3)C2)c1-c1nc2c(C3CC3)nccc2s1. The van der Waals surface area contributed by atoms with Crippen molar-refractivity contribution < 1.29 is 4.79 Å². The zero-order valence-electron chi connectivity index (χ0n) is 19.5. The molecule has 2 saturated carbocycles. The number of para-hydroxylation sites is 1. The van der Waals surface area contributed by atoms with Crippen molar-refractivity contribution in [2.45, 2.75) is 51.0 Å². The molecule has 2 aliphatic rings. The van der Waals surface area contributed by atoms with Crippen LogP contribution in [0.15, 0.2) is 42.6 Å². The first-order valence-corrected chi connectivity index (χ1v) is 12.9. The molecule has 6 rings (SSSR count). The predicted octanol–water partition coefficient (Wildman–Crippen LogP) is 5.14. The molecule has 2 unspecified atom stereocenters. The fraction of sp³-hybridized carbons (Fsp3) is 0.346. The van der Waals surface area contributed by atoms with Crippen molar-refractivity contribution >= 4 is 44.9 Å². The van der Waals surface area contributed by atoms with Gasteiger partial charge in [-0.3, -0.25) is 9.78 Å². The van der Waals surface area contributed by atoms with Gasteiger partial charge >= 0.3 is 0 Å². The Morgan fingerprint density at radius 1 is 1.06 bits per heavy atom. The summed E-state index contributed by atoms with van der Waals surface area (Å²) in [6, 6.07) is 11.7. The van der Waals surface area contributed by atoms with E-state index in [9.17, 15) is 4.79 Å². The number of aromatic nitrogens is 4. The Labute approximate surface area is 207 Å². The van der Waals surface area contributed by atoms with Gasteiger partial charge in [0.2, 0.25) is 11.9 Å². The lowest BCUT2D eigenvalue weighted by molar-refractivity contribution is -0.119. The minimum Gasteiger partial charge on any atom is -0.368 e. The number of nitrogens with zero attached hydrogens (tertiary/aromatic N) is 4. The average molecular weight is 486 g/mol. The molecule has 2 atom stereocenters. The zero-order valence-corrected chi connectivity index (χ0v) is 20.3. The summed E-state index contributed by atoms with van der Waals surface area (Å²) in [4.78, 5) is 31.4. The summed E-state index contributed by atoms with van der Waals surface area (Å²) in [7, 11) is 0. The average Bonchev–Trinajstić information content (AvgIpc) is 3.42. The quantitative estimate of drug-likeness (QED) is 0.346. The number of amides is 1. The zero-order chi connectivity index (χ0) is 23.9. The fourth-order valence-corrected chi connectivity index (χ4v) is 5.97. The van der Waals surface area contributed by atoms with Crippen LogP contribution in [0.3, 0.4) is 0 Å². The lowest BCUT2D eigenvalue weighted by Crippen LogP contribution is -2.23. The standard InChI is InChI=1S/C26H27N7OS/c1-14-20(25-32-22-19(35-25)11-12-28-21(22)15-7-8-15)23(33-26(27)29-14)30-18-10-9-16(13-18)24(34)31-17-5-3-2-4-6-17/h2-6,11-12,15-16,18H,7-10,13H2,1H3,(H,31,34)(H3,27,29,30,33). The van der Waals surface area contributed by atoms with Crippen LogP contribution in [0.1, 0.15) is 49.4 Å². The Kier molecular flexibility index (Phi) is 5.56. The van der Waals surface area contributed by atoms with Gasteiger partial charge in [-0.1, -0.05) is 18.2 Å². The van der Waals surface area contributed by atoms with E-state index in [1.807, 2.05) is 49.5 Å². The van der Waals surface area contributed by atoms with E-state index in [-0.39, 0.29) is 23.8 Å². The minimum absolute atomic E-state index is 0.0499. The third kappa shape index (κ3) is 4.43. The number of carbonyl (C=O) groups excluding carboxylic acids is 1. The maximum atomic E-state index is 12.8. The number of nitrogens with one attached hydrogen (secondary N) is 2. The molecule has 4 N–H and O–H groups in total. The summed E-state index contributed by atoms with van der Waals surface area (Å²) >= 11 is 1.63. The number of hydrogen-bond acceptors (Lipinski definition) is 8. The lowest BCUT2D eigenvalue weighted by Gasteiger charge is -2.17. The highest BCUT2D eigenvalue weighted by Gasteiger charge is 2.32. The number of benzene rings is 1. The van der Waals surface area contributed by atoms with Gasteiger partial charge < -0.3 is 16.4 Å². The second-order valence-electron chi connectivity index (χ2n) is 9.43. The third-order valence-electron chi connectivity index (χ3n) is 6.81. The van der Waals surface area contributed by atoms with Crippen LogP contribution in [0.25, 0.3) is 20.8 Å². The summed E-state index contributed by atoms with van der Waals surface area (Å²) in [5.74, 6) is 1.44. The molecule has 9 heteroatoms. The van der Waals surface area contributed by atoms with Gasteiger partial charge in [-0.25, -0.2) is 9.97 Å². The van der Waals surface area contributed by atoms with Crippen LogP contribution in [0, 0.1) is 12.8 Å². The normalized spacial score (nSPS) is 19.7. The summed E-state index contributed by atoms with van der Waals surface area (Å²) < 4.78 is 1.12. The van der Waals surface area contributed by atoms with Crippen molar-refractivity contribution in [2.24, 2.45) is 5.92 Å². The Hall–Kier alpha value is -3.59. The molecule has 35 heavy (non-hydrogen) atoms. The third-order valence-corrected chi connectivity index (χ3v) is 7.84. The largest absolute Gasteiger partial charge is 0.368 e. The van der Waals surface area contributed by atoms with Gasteiger partial charge in [-0.05, 0) is 57.2 Å². The summed E-state index contributed by atoms with van der Waals surface area (Å²) in [6.07, 6.45) is 6.67. The number of carbonyl (C=O) groups is 1. The number of rotatable bonds is 6. The molecule has 1 amide bonds. The molecule has 0 saturated heterocycles. The fourth-order valence-electron chi connectivity index (χ4n) is 4.90. The van der Waals surface area contributed by atoms with Crippen molar-refractivity contribution in [1.82, 2.24) is 19.9 Å². The molecular formula is C26H27N7OS. The Morgan fingerprint density at radius 2 is 1.89 bits per heavy atom. The molecule has 2 fully saturated rings. The molecule has 0 aliphatic heterocycles. The molecule has 178 valence electrons.